The minimum absolute atomic E-state index is 0.0826. The topological polar surface area (TPSA) is 93.7 Å². The van der Waals surface area contributed by atoms with E-state index >= 15 is 0 Å². The fourth-order valence-corrected chi connectivity index (χ4v) is 2.97. The molecule has 1 unspecified atom stereocenters. The predicted molar refractivity (Wildman–Crippen MR) is 81.1 cm³/mol. The highest BCUT2D eigenvalue weighted by molar-refractivity contribution is 7.89. The van der Waals surface area contributed by atoms with E-state index in [0.29, 0.717) is 24.5 Å². The number of amides is 1. The van der Waals surface area contributed by atoms with Gasteiger partial charge in [-0.25, -0.2) is 13.1 Å². The van der Waals surface area contributed by atoms with E-state index in [-0.39, 0.29) is 17.3 Å². The molecule has 7 nitrogen and oxygen atoms in total. The van der Waals surface area contributed by atoms with Crippen LogP contribution >= 0.6 is 0 Å². The maximum atomic E-state index is 12.2. The number of carbonyl (C=O) groups excluding carboxylic acids is 1. The first-order valence-corrected chi connectivity index (χ1v) is 8.26. The van der Waals surface area contributed by atoms with Crippen molar-refractivity contribution in [3.8, 4) is 5.75 Å². The summed E-state index contributed by atoms with van der Waals surface area (Å²) in [5.41, 5.74) is 0.460. The molecular weight excluding hydrogens is 308 g/mol. The van der Waals surface area contributed by atoms with Crippen LogP contribution in [0, 0.1) is 0 Å². The lowest BCUT2D eigenvalue weighted by Crippen LogP contribution is -2.34. The normalized spacial score (nSPS) is 17.1. The second kappa shape index (κ2) is 6.80. The SMILES string of the molecule is C=COCCCNS(=O)(=O)c1ccc2c(c1)OC(C)C(=O)N2. The van der Waals surface area contributed by atoms with Gasteiger partial charge in [0.2, 0.25) is 10.0 Å². The van der Waals surface area contributed by atoms with Crippen molar-refractivity contribution in [3.05, 3.63) is 31.0 Å². The molecule has 1 aliphatic heterocycles. The number of rotatable bonds is 7. The van der Waals surface area contributed by atoms with E-state index in [2.05, 4.69) is 16.6 Å². The molecule has 8 heteroatoms. The Morgan fingerprint density at radius 1 is 1.50 bits per heavy atom. The second-order valence-corrected chi connectivity index (χ2v) is 6.46. The van der Waals surface area contributed by atoms with Gasteiger partial charge in [-0.05, 0) is 25.5 Å². The Morgan fingerprint density at radius 3 is 3.00 bits per heavy atom. The second-order valence-electron chi connectivity index (χ2n) is 4.70. The van der Waals surface area contributed by atoms with E-state index in [4.69, 9.17) is 9.47 Å². The van der Waals surface area contributed by atoms with E-state index in [1.54, 1.807) is 6.92 Å². The zero-order valence-electron chi connectivity index (χ0n) is 12.2. The minimum atomic E-state index is -3.64. The van der Waals surface area contributed by atoms with Crippen molar-refractivity contribution in [2.75, 3.05) is 18.5 Å². The summed E-state index contributed by atoms with van der Waals surface area (Å²) in [7, 11) is -3.64. The number of anilines is 1. The van der Waals surface area contributed by atoms with Crippen LogP contribution in [0.2, 0.25) is 0 Å². The molecule has 0 fully saturated rings. The van der Waals surface area contributed by atoms with E-state index in [1.807, 2.05) is 0 Å². The third-order valence-corrected chi connectivity index (χ3v) is 4.50. The Hall–Kier alpha value is -2.06. The van der Waals surface area contributed by atoms with Crippen molar-refractivity contribution in [1.29, 1.82) is 0 Å². The van der Waals surface area contributed by atoms with E-state index in [1.165, 1.54) is 24.5 Å². The molecule has 1 amide bonds. The van der Waals surface area contributed by atoms with Gasteiger partial charge in [0, 0.05) is 12.6 Å². The minimum Gasteiger partial charge on any atom is -0.502 e. The van der Waals surface area contributed by atoms with E-state index in [0.717, 1.165) is 0 Å². The van der Waals surface area contributed by atoms with Crippen LogP contribution in [0.5, 0.6) is 5.75 Å². The maximum absolute atomic E-state index is 12.2. The summed E-state index contributed by atoms with van der Waals surface area (Å²) < 4.78 is 37.2. The van der Waals surface area contributed by atoms with Crippen LogP contribution in [0.25, 0.3) is 0 Å². The first-order valence-electron chi connectivity index (χ1n) is 6.78. The van der Waals surface area contributed by atoms with Gasteiger partial charge in [0.1, 0.15) is 5.75 Å². The standard InChI is InChI=1S/C14H18N2O5S/c1-3-20-8-4-7-15-22(18,19)11-5-6-12-13(9-11)21-10(2)14(17)16-12/h3,5-6,9-10,15H,1,4,7-8H2,2H3,(H,16,17). The molecular formula is C14H18N2O5S. The third kappa shape index (κ3) is 3.77. The predicted octanol–water partition coefficient (Wildman–Crippen LogP) is 1.23. The molecule has 0 aromatic heterocycles. The molecule has 0 saturated heterocycles. The van der Waals surface area contributed by atoms with Crippen LogP contribution in [0.3, 0.4) is 0 Å². The lowest BCUT2D eigenvalue weighted by molar-refractivity contribution is -0.122. The largest absolute Gasteiger partial charge is 0.502 e. The van der Waals surface area contributed by atoms with Crippen LogP contribution in [-0.2, 0) is 19.6 Å². The third-order valence-electron chi connectivity index (χ3n) is 3.04. The van der Waals surface area contributed by atoms with Crippen molar-refractivity contribution < 1.29 is 22.7 Å². The van der Waals surface area contributed by atoms with E-state index < -0.39 is 16.1 Å². The van der Waals surface area contributed by atoms with Gasteiger partial charge in [0.15, 0.2) is 6.10 Å². The van der Waals surface area contributed by atoms with Crippen LogP contribution in [0.15, 0.2) is 35.9 Å². The molecule has 1 heterocycles. The molecule has 120 valence electrons. The fourth-order valence-electron chi connectivity index (χ4n) is 1.88. The first-order chi connectivity index (χ1) is 10.4. The number of ether oxygens (including phenoxy) is 2. The highest BCUT2D eigenvalue weighted by Crippen LogP contribution is 2.31. The van der Waals surface area contributed by atoms with Gasteiger partial charge in [0.25, 0.3) is 5.91 Å². The number of sulfonamides is 1. The smallest absolute Gasteiger partial charge is 0.265 e. The van der Waals surface area contributed by atoms with Crippen molar-refractivity contribution >= 4 is 21.6 Å². The molecule has 1 aliphatic rings. The molecule has 0 saturated carbocycles. The first kappa shape index (κ1) is 16.3. The average molecular weight is 326 g/mol. The number of fused-ring (bicyclic) bond motifs is 1. The quantitative estimate of drug-likeness (QED) is 0.581. The summed E-state index contributed by atoms with van der Waals surface area (Å²) in [5, 5.41) is 2.65. The number of benzene rings is 1. The van der Waals surface area contributed by atoms with Gasteiger partial charge in [-0.15, -0.1) is 0 Å². The summed E-state index contributed by atoms with van der Waals surface area (Å²) >= 11 is 0. The average Bonchev–Trinajstić information content (AvgIpc) is 2.47. The summed E-state index contributed by atoms with van der Waals surface area (Å²) in [6.45, 7) is 5.64. The van der Waals surface area contributed by atoms with Crippen LogP contribution < -0.4 is 14.8 Å². The molecule has 0 aliphatic carbocycles. The van der Waals surface area contributed by atoms with Crippen molar-refractivity contribution in [3.63, 3.8) is 0 Å². The van der Waals surface area contributed by atoms with Gasteiger partial charge in [-0.3, -0.25) is 4.79 Å². The highest BCUT2D eigenvalue weighted by Gasteiger charge is 2.25. The molecule has 2 rings (SSSR count). The number of hydrogen-bond acceptors (Lipinski definition) is 5. The number of hydrogen-bond donors (Lipinski definition) is 2. The lowest BCUT2D eigenvalue weighted by Gasteiger charge is -2.23. The Bertz CT molecular complexity index is 672. The van der Waals surface area contributed by atoms with Gasteiger partial charge in [-0.2, -0.15) is 0 Å². The van der Waals surface area contributed by atoms with Crippen molar-refractivity contribution in [2.45, 2.75) is 24.3 Å². The fraction of sp³-hybridized carbons (Fsp3) is 0.357. The van der Waals surface area contributed by atoms with Gasteiger partial charge in [0.05, 0.1) is 23.5 Å². The Morgan fingerprint density at radius 2 is 2.27 bits per heavy atom. The summed E-state index contributed by atoms with van der Waals surface area (Å²) in [6.07, 6.45) is 1.18. The molecule has 0 radical (unpaired) electrons. The highest BCUT2D eigenvalue weighted by atomic mass is 32.2. The number of nitrogens with one attached hydrogen (secondary N) is 2. The molecule has 1 atom stereocenters. The molecule has 2 N–H and O–H groups in total. The Kier molecular flexibility index (Phi) is 5.04. The van der Waals surface area contributed by atoms with Crippen molar-refractivity contribution in [1.82, 2.24) is 4.72 Å². The lowest BCUT2D eigenvalue weighted by atomic mass is 10.2. The molecule has 0 bridgehead atoms. The van der Waals surface area contributed by atoms with Crippen LogP contribution in [0.4, 0.5) is 5.69 Å². The van der Waals surface area contributed by atoms with Crippen molar-refractivity contribution in [2.24, 2.45) is 0 Å². The van der Waals surface area contributed by atoms with Gasteiger partial charge >= 0.3 is 0 Å². The Labute approximate surface area is 129 Å². The molecule has 1 aromatic carbocycles. The van der Waals surface area contributed by atoms with Gasteiger partial charge in [-0.1, -0.05) is 6.58 Å². The summed E-state index contributed by atoms with van der Waals surface area (Å²) in [5.74, 6) is 0.0772. The summed E-state index contributed by atoms with van der Waals surface area (Å²) in [4.78, 5) is 11.6. The number of carbonyl (C=O) groups is 1. The molecule has 1 aromatic rings. The van der Waals surface area contributed by atoms with Crippen LogP contribution in [0.1, 0.15) is 13.3 Å². The molecule has 0 spiro atoms. The van der Waals surface area contributed by atoms with E-state index in [9.17, 15) is 13.2 Å². The zero-order chi connectivity index (χ0) is 16.2. The maximum Gasteiger partial charge on any atom is 0.265 e. The zero-order valence-corrected chi connectivity index (χ0v) is 13.0. The van der Waals surface area contributed by atoms with Crippen LogP contribution in [-0.4, -0.2) is 33.6 Å². The monoisotopic (exact) mass is 326 g/mol. The Balaban J connectivity index is 2.07. The summed E-state index contributed by atoms with van der Waals surface area (Å²) in [6, 6.07) is 4.32. The van der Waals surface area contributed by atoms with Gasteiger partial charge < -0.3 is 14.8 Å². The molecule has 22 heavy (non-hydrogen) atoms.